The monoisotopic (exact) mass is 412 g/mol. The predicted molar refractivity (Wildman–Crippen MR) is 111 cm³/mol. The van der Waals surface area contributed by atoms with Gasteiger partial charge in [0.2, 0.25) is 11.5 Å². The number of methoxy groups -OCH3 is 1. The number of nitrogens with zero attached hydrogens (tertiary/aromatic N) is 3. The summed E-state index contributed by atoms with van der Waals surface area (Å²) in [5.41, 5.74) is 8.32. The Hall–Kier alpha value is -3.04. The molecule has 3 N–H and O–H groups in total. The molecule has 1 atom stereocenters. The molecular formula is C21H26N5O4+. The van der Waals surface area contributed by atoms with Crippen LogP contribution in [0.15, 0.2) is 29.2 Å². The molecule has 3 aromatic heterocycles. The van der Waals surface area contributed by atoms with Gasteiger partial charge in [-0.25, -0.2) is 4.57 Å². The van der Waals surface area contributed by atoms with E-state index in [2.05, 4.69) is 5.32 Å². The molecule has 30 heavy (non-hydrogen) atoms. The first kappa shape index (κ1) is 20.2. The molecule has 158 valence electrons. The van der Waals surface area contributed by atoms with Crippen LogP contribution in [0, 0.1) is 6.92 Å². The summed E-state index contributed by atoms with van der Waals surface area (Å²) in [7, 11) is 1.56. The molecule has 0 spiro atoms. The van der Waals surface area contributed by atoms with Gasteiger partial charge >= 0.3 is 0 Å². The Bertz CT molecular complexity index is 1170. The van der Waals surface area contributed by atoms with E-state index in [4.69, 9.17) is 20.2 Å². The van der Waals surface area contributed by atoms with E-state index in [-0.39, 0.29) is 29.0 Å². The molecule has 0 bridgehead atoms. The molecule has 1 aliphatic rings. The van der Waals surface area contributed by atoms with Gasteiger partial charge in [-0.1, -0.05) is 11.1 Å². The summed E-state index contributed by atoms with van der Waals surface area (Å²) in [5.74, 6) is -0.0981. The Kier molecular flexibility index (Phi) is 5.65. The van der Waals surface area contributed by atoms with Gasteiger partial charge in [0.15, 0.2) is 0 Å². The Labute approximate surface area is 173 Å². The van der Waals surface area contributed by atoms with E-state index < -0.39 is 0 Å². The quantitative estimate of drug-likeness (QED) is 0.348. The summed E-state index contributed by atoms with van der Waals surface area (Å²) in [4.78, 5) is 30.8. The van der Waals surface area contributed by atoms with Crippen LogP contribution in [0.2, 0.25) is 0 Å². The average Bonchev–Trinajstić information content (AvgIpc) is 3.24. The van der Waals surface area contributed by atoms with Crippen molar-refractivity contribution in [3.8, 4) is 0 Å². The fraction of sp³-hybridized carbons (Fsp3) is 0.429. The van der Waals surface area contributed by atoms with Gasteiger partial charge in [-0.15, -0.1) is 0 Å². The van der Waals surface area contributed by atoms with Crippen molar-refractivity contribution in [3.05, 3.63) is 45.9 Å². The number of fused-ring (bicyclic) bond motifs is 2. The number of nitrogens with two attached hydrogens (primary N) is 1. The summed E-state index contributed by atoms with van der Waals surface area (Å²) in [6, 6.07) is 5.23. The van der Waals surface area contributed by atoms with E-state index in [1.165, 1.54) is 10.5 Å². The van der Waals surface area contributed by atoms with Crippen LogP contribution in [0.25, 0.3) is 16.7 Å². The molecule has 9 heteroatoms. The molecule has 1 saturated heterocycles. The van der Waals surface area contributed by atoms with Crippen molar-refractivity contribution in [1.82, 2.24) is 14.7 Å². The van der Waals surface area contributed by atoms with Gasteiger partial charge in [0.05, 0.1) is 19.3 Å². The molecule has 0 radical (unpaired) electrons. The molecule has 4 rings (SSSR count). The maximum Gasteiger partial charge on any atom is 0.278 e. The van der Waals surface area contributed by atoms with Crippen molar-refractivity contribution in [3.63, 3.8) is 0 Å². The zero-order valence-corrected chi connectivity index (χ0v) is 17.2. The number of amides is 1. The Morgan fingerprint density at radius 2 is 2.33 bits per heavy atom. The minimum Gasteiger partial charge on any atom is -0.383 e. The molecule has 1 amide bonds. The first-order valence-corrected chi connectivity index (χ1v) is 10.0. The third kappa shape index (κ3) is 3.61. The number of nitrogen functional groups attached to an aromatic ring is 1. The normalized spacial score (nSPS) is 16.4. The summed E-state index contributed by atoms with van der Waals surface area (Å²) >= 11 is 0. The topological polar surface area (TPSA) is 112 Å². The van der Waals surface area contributed by atoms with Crippen LogP contribution in [-0.2, 0) is 16.0 Å². The van der Waals surface area contributed by atoms with Gasteiger partial charge in [-0.05, 0) is 31.9 Å². The molecule has 0 aliphatic carbocycles. The second kappa shape index (κ2) is 8.37. The second-order valence-electron chi connectivity index (χ2n) is 7.48. The highest BCUT2D eigenvalue weighted by Gasteiger charge is 2.27. The second-order valence-corrected chi connectivity index (χ2v) is 7.48. The average molecular weight is 412 g/mol. The van der Waals surface area contributed by atoms with E-state index in [9.17, 15) is 9.59 Å². The van der Waals surface area contributed by atoms with Crippen LogP contribution < -0.4 is 21.2 Å². The van der Waals surface area contributed by atoms with Crippen molar-refractivity contribution in [2.75, 3.05) is 32.6 Å². The van der Waals surface area contributed by atoms with Crippen molar-refractivity contribution in [1.29, 1.82) is 0 Å². The summed E-state index contributed by atoms with van der Waals surface area (Å²) in [6.45, 7) is 3.74. The van der Waals surface area contributed by atoms with Crippen molar-refractivity contribution < 1.29 is 18.8 Å². The number of hydrogen-bond acceptors (Lipinski definition) is 6. The molecule has 1 aliphatic heterocycles. The predicted octanol–water partition coefficient (Wildman–Crippen LogP) is 0.581. The summed E-state index contributed by atoms with van der Waals surface area (Å²) in [6.07, 6.45) is 3.50. The van der Waals surface area contributed by atoms with Crippen LogP contribution in [0.5, 0.6) is 0 Å². The van der Waals surface area contributed by atoms with Gasteiger partial charge in [-0.3, -0.25) is 14.0 Å². The molecule has 0 saturated carbocycles. The SMILES string of the molecule is COCCNC(=O)c1cc2c(=O)n3cccc(C)c3nc2[n+](C[C@@H]2CCCO2)c1N. The maximum absolute atomic E-state index is 13.3. The number of aromatic nitrogens is 3. The van der Waals surface area contributed by atoms with E-state index >= 15 is 0 Å². The number of carbonyl (C=O) groups excluding carboxylic acids is 1. The minimum absolute atomic E-state index is 0.0376. The summed E-state index contributed by atoms with van der Waals surface area (Å²) < 4.78 is 14.0. The van der Waals surface area contributed by atoms with E-state index in [1.54, 1.807) is 23.9 Å². The van der Waals surface area contributed by atoms with Crippen molar-refractivity contribution in [2.24, 2.45) is 0 Å². The van der Waals surface area contributed by atoms with Crippen LogP contribution in [0.1, 0.15) is 28.8 Å². The highest BCUT2D eigenvalue weighted by atomic mass is 16.5. The maximum atomic E-state index is 13.3. The first-order chi connectivity index (χ1) is 14.5. The lowest BCUT2D eigenvalue weighted by Gasteiger charge is -2.15. The number of nitrogens with one attached hydrogen (secondary N) is 1. The number of carbonyl (C=O) groups is 1. The largest absolute Gasteiger partial charge is 0.383 e. The smallest absolute Gasteiger partial charge is 0.278 e. The van der Waals surface area contributed by atoms with E-state index in [1.807, 2.05) is 13.0 Å². The van der Waals surface area contributed by atoms with Crippen LogP contribution in [-0.4, -0.2) is 48.3 Å². The number of ether oxygens (including phenoxy) is 2. The molecule has 4 heterocycles. The Morgan fingerprint density at radius 3 is 3.07 bits per heavy atom. The lowest BCUT2D eigenvalue weighted by Crippen LogP contribution is -2.46. The molecule has 3 aromatic rings. The van der Waals surface area contributed by atoms with Crippen molar-refractivity contribution >= 4 is 28.4 Å². The van der Waals surface area contributed by atoms with Crippen LogP contribution >= 0.6 is 0 Å². The lowest BCUT2D eigenvalue weighted by molar-refractivity contribution is -0.666. The van der Waals surface area contributed by atoms with Crippen molar-refractivity contribution in [2.45, 2.75) is 32.4 Å². The molecule has 9 nitrogen and oxygen atoms in total. The Balaban J connectivity index is 1.93. The number of aryl methyl sites for hydroxylation is 1. The standard InChI is InChI=1S/C21H25N5O4/c1-13-5-3-8-25-18(13)24-19-16(21(25)28)11-15(20(27)23-7-10-29-2)17(22)26(19)12-14-6-4-9-30-14/h3,5,8,11,14,22H,4,6-7,9-10,12H2,1-2H3,(H,23,27)/p+1/t14-/m0/s1. The zero-order chi connectivity index (χ0) is 21.3. The number of hydrogen-bond donors (Lipinski definition) is 2. The first-order valence-electron chi connectivity index (χ1n) is 10.0. The minimum atomic E-state index is -0.360. The lowest BCUT2D eigenvalue weighted by atomic mass is 10.1. The summed E-state index contributed by atoms with van der Waals surface area (Å²) in [5, 5.41) is 3.11. The van der Waals surface area contributed by atoms with Gasteiger partial charge in [0, 0.05) is 32.0 Å². The highest BCUT2D eigenvalue weighted by molar-refractivity contribution is 6.00. The van der Waals surface area contributed by atoms with Gasteiger partial charge < -0.3 is 20.5 Å². The zero-order valence-electron chi connectivity index (χ0n) is 17.2. The van der Waals surface area contributed by atoms with Gasteiger partial charge in [-0.2, -0.15) is 0 Å². The Morgan fingerprint density at radius 1 is 1.50 bits per heavy atom. The number of pyridine rings is 2. The molecule has 1 fully saturated rings. The third-order valence-electron chi connectivity index (χ3n) is 5.42. The van der Waals surface area contributed by atoms with Crippen LogP contribution in [0.4, 0.5) is 5.82 Å². The number of anilines is 1. The van der Waals surface area contributed by atoms with E-state index in [0.29, 0.717) is 43.0 Å². The molecular weight excluding hydrogens is 386 g/mol. The van der Waals surface area contributed by atoms with Crippen LogP contribution in [0.3, 0.4) is 0 Å². The number of rotatable bonds is 6. The van der Waals surface area contributed by atoms with Gasteiger partial charge in [0.1, 0.15) is 10.9 Å². The van der Waals surface area contributed by atoms with E-state index in [0.717, 1.165) is 18.4 Å². The fourth-order valence-corrected chi connectivity index (χ4v) is 3.83. The molecule has 0 unspecified atom stereocenters. The fourth-order valence-electron chi connectivity index (χ4n) is 3.83. The third-order valence-corrected chi connectivity index (χ3v) is 5.42. The van der Waals surface area contributed by atoms with Gasteiger partial charge in [0.25, 0.3) is 17.1 Å². The molecule has 0 aromatic carbocycles. The highest BCUT2D eigenvalue weighted by Crippen LogP contribution is 2.18.